The number of rotatable bonds is 10. The number of methoxy groups -OCH3 is 1. The molecule has 0 radical (unpaired) electrons. The van der Waals surface area contributed by atoms with Gasteiger partial charge >= 0.3 is 5.69 Å². The lowest BCUT2D eigenvalue weighted by molar-refractivity contribution is -0.394. The second-order valence-corrected chi connectivity index (χ2v) is 7.81. The van der Waals surface area contributed by atoms with Crippen molar-refractivity contribution in [2.75, 3.05) is 19.0 Å². The number of nitriles is 1. The fourth-order valence-corrected chi connectivity index (χ4v) is 3.39. The van der Waals surface area contributed by atoms with Crippen LogP contribution in [-0.2, 0) is 4.79 Å². The number of nitrogens with one attached hydrogen (secondary N) is 1. The van der Waals surface area contributed by atoms with Gasteiger partial charge in [0.05, 0.1) is 35.3 Å². The normalized spacial score (nSPS) is 10.7. The van der Waals surface area contributed by atoms with E-state index in [1.807, 2.05) is 6.07 Å². The molecular weight excluding hydrogens is 520 g/mol. The Morgan fingerprint density at radius 1 is 1.03 bits per heavy atom. The van der Waals surface area contributed by atoms with Crippen molar-refractivity contribution in [1.82, 2.24) is 0 Å². The van der Waals surface area contributed by atoms with E-state index in [-0.39, 0.29) is 35.1 Å². The zero-order valence-electron chi connectivity index (χ0n) is 20.0. The van der Waals surface area contributed by atoms with E-state index in [4.69, 9.17) is 25.8 Å². The summed E-state index contributed by atoms with van der Waals surface area (Å²) in [6, 6.07) is 13.8. The first kappa shape index (κ1) is 27.4. The van der Waals surface area contributed by atoms with Gasteiger partial charge in [0.1, 0.15) is 17.4 Å². The molecular formula is C25H19ClN4O8. The van der Waals surface area contributed by atoms with Crippen LogP contribution in [0.3, 0.4) is 0 Å². The van der Waals surface area contributed by atoms with E-state index in [0.29, 0.717) is 16.3 Å². The van der Waals surface area contributed by atoms with Crippen molar-refractivity contribution in [3.05, 3.63) is 91.0 Å². The Bertz CT molecular complexity index is 1480. The van der Waals surface area contributed by atoms with E-state index in [9.17, 15) is 30.3 Å². The van der Waals surface area contributed by atoms with Crippen molar-refractivity contribution in [2.24, 2.45) is 0 Å². The molecule has 0 fully saturated rings. The number of ether oxygens (including phenoxy) is 3. The largest absolute Gasteiger partial charge is 0.495 e. The fourth-order valence-electron chi connectivity index (χ4n) is 3.22. The molecule has 38 heavy (non-hydrogen) atoms. The van der Waals surface area contributed by atoms with Gasteiger partial charge in [-0.15, -0.1) is 0 Å². The van der Waals surface area contributed by atoms with Gasteiger partial charge in [0.2, 0.25) is 5.75 Å². The number of benzene rings is 3. The zero-order valence-corrected chi connectivity index (χ0v) is 20.7. The van der Waals surface area contributed by atoms with E-state index in [2.05, 4.69) is 5.32 Å². The molecule has 0 heterocycles. The highest BCUT2D eigenvalue weighted by atomic mass is 35.5. The van der Waals surface area contributed by atoms with Crippen LogP contribution in [0.15, 0.2) is 60.2 Å². The number of hydrogen-bond acceptors (Lipinski definition) is 9. The molecule has 1 amide bonds. The first-order valence-electron chi connectivity index (χ1n) is 10.8. The highest BCUT2D eigenvalue weighted by Gasteiger charge is 2.22. The van der Waals surface area contributed by atoms with Gasteiger partial charge in [-0.25, -0.2) is 0 Å². The number of non-ortho nitro benzene ring substituents is 1. The maximum Gasteiger partial charge on any atom is 0.318 e. The Morgan fingerprint density at radius 2 is 1.74 bits per heavy atom. The molecule has 13 heteroatoms. The summed E-state index contributed by atoms with van der Waals surface area (Å²) in [6.45, 7) is 1.90. The Kier molecular flexibility index (Phi) is 8.81. The maximum absolute atomic E-state index is 12.8. The minimum atomic E-state index is -0.799. The van der Waals surface area contributed by atoms with Crippen LogP contribution >= 0.6 is 11.6 Å². The Morgan fingerprint density at radius 3 is 2.37 bits per heavy atom. The molecule has 1 N–H and O–H groups in total. The molecule has 0 saturated carbocycles. The van der Waals surface area contributed by atoms with Gasteiger partial charge in [-0.2, -0.15) is 5.26 Å². The number of carbonyl (C=O) groups excluding carboxylic acids is 1. The van der Waals surface area contributed by atoms with Crippen molar-refractivity contribution < 1.29 is 28.9 Å². The summed E-state index contributed by atoms with van der Waals surface area (Å²) >= 11 is 5.99. The molecule has 0 spiro atoms. The van der Waals surface area contributed by atoms with Crippen LogP contribution in [0.25, 0.3) is 6.08 Å². The van der Waals surface area contributed by atoms with Crippen LogP contribution < -0.4 is 19.5 Å². The number of nitrogens with zero attached hydrogens (tertiary/aromatic N) is 3. The van der Waals surface area contributed by atoms with Crippen LogP contribution in [0.2, 0.25) is 5.02 Å². The summed E-state index contributed by atoms with van der Waals surface area (Å²) in [5.41, 5.74) is -0.648. The third kappa shape index (κ3) is 6.54. The number of nitro groups is 2. The number of carbonyl (C=O) groups is 1. The molecule has 0 atom stereocenters. The highest BCUT2D eigenvalue weighted by Crippen LogP contribution is 2.39. The van der Waals surface area contributed by atoms with Gasteiger partial charge in [0, 0.05) is 11.1 Å². The summed E-state index contributed by atoms with van der Waals surface area (Å²) in [5.74, 6) is -0.374. The monoisotopic (exact) mass is 538 g/mol. The highest BCUT2D eigenvalue weighted by molar-refractivity contribution is 6.31. The summed E-state index contributed by atoms with van der Waals surface area (Å²) < 4.78 is 16.4. The number of anilines is 1. The number of halogens is 1. The SMILES string of the molecule is CCOc1cc(/C=C(\C#N)C(=O)Nc2cc(Cl)ccc2OC)ccc1Oc1ccc([N+](=O)[O-])cc1[N+](=O)[O-]. The molecule has 3 rings (SSSR count). The Labute approximate surface area is 220 Å². The molecule has 0 aliphatic rings. The molecule has 12 nitrogen and oxygen atoms in total. The van der Waals surface area contributed by atoms with Crippen molar-refractivity contribution in [3.63, 3.8) is 0 Å². The molecule has 0 bridgehead atoms. The third-order valence-electron chi connectivity index (χ3n) is 4.92. The lowest BCUT2D eigenvalue weighted by Gasteiger charge is -2.13. The van der Waals surface area contributed by atoms with Crippen molar-refractivity contribution >= 4 is 40.6 Å². The van der Waals surface area contributed by atoms with Gasteiger partial charge in [0.15, 0.2) is 11.5 Å². The first-order chi connectivity index (χ1) is 18.2. The van der Waals surface area contributed by atoms with E-state index in [1.54, 1.807) is 19.1 Å². The molecule has 0 saturated heterocycles. The predicted molar refractivity (Wildman–Crippen MR) is 138 cm³/mol. The molecule has 0 aliphatic heterocycles. The van der Waals surface area contributed by atoms with Crippen LogP contribution in [0.4, 0.5) is 17.1 Å². The maximum atomic E-state index is 12.8. The van der Waals surface area contributed by atoms with Crippen LogP contribution in [0, 0.1) is 31.6 Å². The minimum Gasteiger partial charge on any atom is -0.495 e. The smallest absolute Gasteiger partial charge is 0.318 e. The average molecular weight is 539 g/mol. The fraction of sp³-hybridized carbons (Fsp3) is 0.120. The molecule has 0 unspecified atom stereocenters. The van der Waals surface area contributed by atoms with E-state index >= 15 is 0 Å². The summed E-state index contributed by atoms with van der Waals surface area (Å²) in [4.78, 5) is 33.6. The molecule has 3 aromatic rings. The topological polar surface area (TPSA) is 167 Å². The third-order valence-corrected chi connectivity index (χ3v) is 5.16. The van der Waals surface area contributed by atoms with Crippen molar-refractivity contribution in [3.8, 4) is 29.1 Å². The summed E-state index contributed by atoms with van der Waals surface area (Å²) in [5, 5.41) is 34.9. The molecule has 3 aromatic carbocycles. The average Bonchev–Trinajstić information content (AvgIpc) is 2.88. The van der Waals surface area contributed by atoms with Crippen molar-refractivity contribution in [2.45, 2.75) is 6.92 Å². The Balaban J connectivity index is 1.93. The number of hydrogen-bond donors (Lipinski definition) is 1. The quantitative estimate of drug-likeness (QED) is 0.143. The minimum absolute atomic E-state index is 0.0765. The summed E-state index contributed by atoms with van der Waals surface area (Å²) in [6.07, 6.45) is 1.31. The lowest BCUT2D eigenvalue weighted by Crippen LogP contribution is -2.14. The number of amides is 1. The molecule has 0 aliphatic carbocycles. The van der Waals surface area contributed by atoms with Gasteiger partial charge < -0.3 is 19.5 Å². The van der Waals surface area contributed by atoms with Gasteiger partial charge in [-0.3, -0.25) is 25.0 Å². The van der Waals surface area contributed by atoms with Crippen LogP contribution in [0.1, 0.15) is 12.5 Å². The molecule has 194 valence electrons. The molecule has 0 aromatic heterocycles. The number of nitro benzene ring substituents is 2. The van der Waals surface area contributed by atoms with Gasteiger partial charge in [-0.1, -0.05) is 17.7 Å². The van der Waals surface area contributed by atoms with Gasteiger partial charge in [-0.05, 0) is 55.0 Å². The summed E-state index contributed by atoms with van der Waals surface area (Å²) in [7, 11) is 1.42. The second-order valence-electron chi connectivity index (χ2n) is 7.38. The van der Waals surface area contributed by atoms with Crippen LogP contribution in [-0.4, -0.2) is 29.5 Å². The second kappa shape index (κ2) is 12.2. The zero-order chi connectivity index (χ0) is 27.8. The Hall–Kier alpha value is -5.15. The first-order valence-corrected chi connectivity index (χ1v) is 11.2. The van der Waals surface area contributed by atoms with E-state index < -0.39 is 27.1 Å². The predicted octanol–water partition coefficient (Wildman–Crippen LogP) is 5.90. The van der Waals surface area contributed by atoms with Gasteiger partial charge in [0.25, 0.3) is 11.6 Å². The van der Waals surface area contributed by atoms with E-state index in [0.717, 1.165) is 18.2 Å². The standard InChI is InChI=1S/C25H19ClN4O8/c1-3-37-24-11-15(10-16(14-27)25(31)28-19-12-17(26)5-8-21(19)36-2)4-7-23(24)38-22-9-6-18(29(32)33)13-20(22)30(34)35/h4-13H,3H2,1-2H3,(H,28,31)/b16-10+. The van der Waals surface area contributed by atoms with E-state index in [1.165, 1.54) is 37.5 Å². The lowest BCUT2D eigenvalue weighted by atomic mass is 10.1. The van der Waals surface area contributed by atoms with Crippen molar-refractivity contribution in [1.29, 1.82) is 5.26 Å². The van der Waals surface area contributed by atoms with Crippen LogP contribution in [0.5, 0.6) is 23.0 Å².